The summed E-state index contributed by atoms with van der Waals surface area (Å²) in [6.07, 6.45) is -0.575. The van der Waals surface area contributed by atoms with Crippen LogP contribution in [0.25, 0.3) is 0 Å². The Morgan fingerprint density at radius 2 is 1.85 bits per heavy atom. The molecule has 152 valence electrons. The van der Waals surface area contributed by atoms with E-state index in [9.17, 15) is 9.90 Å². The maximum atomic E-state index is 11.9. The van der Waals surface area contributed by atoms with Crippen molar-refractivity contribution in [2.75, 3.05) is 26.7 Å². The molecule has 1 aromatic carbocycles. The number of aliphatic imine (C=N–C) groups is 1. The number of nitrogens with one attached hydrogen (secondary N) is 3. The zero-order chi connectivity index (χ0) is 20.4. The normalized spacial score (nSPS) is 13.3. The van der Waals surface area contributed by atoms with E-state index in [-0.39, 0.29) is 12.0 Å². The number of carbonyl (C=O) groups excluding carboxylic acids is 1. The standard InChI is InChI=1S/C20H34N4O3/c1-7-22-19(24-13-20(4,5)18(26)21-6)23-12-17(25)15-8-10-16(11-9-15)27-14(2)3/h8-11,14,17,25H,7,12-13H2,1-6H3,(H,21,26)(H2,22,23,24). The lowest BCUT2D eigenvalue weighted by Crippen LogP contribution is -2.42. The van der Waals surface area contributed by atoms with Crippen molar-refractivity contribution in [3.8, 4) is 5.75 Å². The van der Waals surface area contributed by atoms with Crippen LogP contribution in [-0.4, -0.2) is 49.8 Å². The molecule has 0 radical (unpaired) electrons. The monoisotopic (exact) mass is 378 g/mol. The lowest BCUT2D eigenvalue weighted by atomic mass is 9.93. The number of hydrogen-bond donors (Lipinski definition) is 4. The fourth-order valence-corrected chi connectivity index (χ4v) is 2.38. The highest BCUT2D eigenvalue weighted by molar-refractivity contribution is 5.83. The highest BCUT2D eigenvalue weighted by Gasteiger charge is 2.26. The molecule has 0 spiro atoms. The van der Waals surface area contributed by atoms with Crippen LogP contribution in [0, 0.1) is 5.41 Å². The van der Waals surface area contributed by atoms with Crippen molar-refractivity contribution in [1.82, 2.24) is 16.0 Å². The number of ether oxygens (including phenoxy) is 1. The molecule has 0 fully saturated rings. The fraction of sp³-hybridized carbons (Fsp3) is 0.600. The topological polar surface area (TPSA) is 95.0 Å². The summed E-state index contributed by atoms with van der Waals surface area (Å²) in [5, 5.41) is 19.3. The Balaban J connectivity index is 2.67. The first-order valence-corrected chi connectivity index (χ1v) is 9.38. The van der Waals surface area contributed by atoms with Crippen molar-refractivity contribution < 1.29 is 14.6 Å². The second-order valence-corrected chi connectivity index (χ2v) is 7.29. The van der Waals surface area contributed by atoms with E-state index in [1.54, 1.807) is 7.05 Å². The summed E-state index contributed by atoms with van der Waals surface area (Å²) in [5.74, 6) is 1.28. The third-order valence-electron chi connectivity index (χ3n) is 3.92. The molecule has 4 N–H and O–H groups in total. The number of nitrogens with zero attached hydrogens (tertiary/aromatic N) is 1. The van der Waals surface area contributed by atoms with E-state index in [2.05, 4.69) is 20.9 Å². The number of amides is 1. The summed E-state index contributed by atoms with van der Waals surface area (Å²) in [4.78, 5) is 16.3. The molecule has 1 rings (SSSR count). The van der Waals surface area contributed by atoms with Gasteiger partial charge < -0.3 is 25.8 Å². The Hall–Kier alpha value is -2.28. The van der Waals surface area contributed by atoms with Gasteiger partial charge >= 0.3 is 0 Å². The Labute approximate surface area is 162 Å². The number of aliphatic hydroxyl groups is 1. The first-order chi connectivity index (χ1) is 12.7. The van der Waals surface area contributed by atoms with Crippen molar-refractivity contribution in [1.29, 1.82) is 0 Å². The van der Waals surface area contributed by atoms with Gasteiger partial charge in [0, 0.05) is 20.1 Å². The molecular weight excluding hydrogens is 344 g/mol. The number of hydrogen-bond acceptors (Lipinski definition) is 4. The van der Waals surface area contributed by atoms with Crippen LogP contribution in [0.4, 0.5) is 0 Å². The SMILES string of the molecule is CCNC(=NCC(C)(C)C(=O)NC)NCC(O)c1ccc(OC(C)C)cc1. The summed E-state index contributed by atoms with van der Waals surface area (Å²) in [6, 6.07) is 7.40. The van der Waals surface area contributed by atoms with E-state index in [1.165, 1.54) is 0 Å². The number of carbonyl (C=O) groups is 1. The largest absolute Gasteiger partial charge is 0.491 e. The Morgan fingerprint density at radius 1 is 1.22 bits per heavy atom. The van der Waals surface area contributed by atoms with Gasteiger partial charge in [0.05, 0.1) is 24.2 Å². The maximum Gasteiger partial charge on any atom is 0.227 e. The minimum atomic E-state index is -0.686. The predicted octanol–water partition coefficient (Wildman–Crippen LogP) is 1.83. The average molecular weight is 379 g/mol. The summed E-state index contributed by atoms with van der Waals surface area (Å²) >= 11 is 0. The van der Waals surface area contributed by atoms with E-state index >= 15 is 0 Å². The minimum Gasteiger partial charge on any atom is -0.491 e. The van der Waals surface area contributed by atoms with Crippen LogP contribution in [0.2, 0.25) is 0 Å². The molecule has 7 heteroatoms. The third-order valence-corrected chi connectivity index (χ3v) is 3.92. The Bertz CT molecular complexity index is 612. The second kappa shape index (κ2) is 10.8. The fourth-order valence-electron chi connectivity index (χ4n) is 2.38. The molecular formula is C20H34N4O3. The summed E-state index contributed by atoms with van der Waals surface area (Å²) < 4.78 is 5.61. The first kappa shape index (κ1) is 22.8. The van der Waals surface area contributed by atoms with Crippen LogP contribution < -0.4 is 20.7 Å². The number of aliphatic hydroxyl groups excluding tert-OH is 1. The maximum absolute atomic E-state index is 11.9. The zero-order valence-corrected chi connectivity index (χ0v) is 17.3. The molecule has 0 heterocycles. The molecule has 0 bridgehead atoms. The van der Waals surface area contributed by atoms with Crippen molar-refractivity contribution in [2.24, 2.45) is 10.4 Å². The molecule has 0 aliphatic rings. The average Bonchev–Trinajstić information content (AvgIpc) is 2.63. The Morgan fingerprint density at radius 3 is 2.37 bits per heavy atom. The van der Waals surface area contributed by atoms with Gasteiger partial charge in [-0.2, -0.15) is 0 Å². The van der Waals surface area contributed by atoms with Gasteiger partial charge in [-0.3, -0.25) is 9.79 Å². The van der Waals surface area contributed by atoms with Crippen molar-refractivity contribution in [3.63, 3.8) is 0 Å². The molecule has 1 amide bonds. The van der Waals surface area contributed by atoms with E-state index in [1.807, 2.05) is 58.9 Å². The molecule has 1 aromatic rings. The van der Waals surface area contributed by atoms with Gasteiger partial charge in [0.15, 0.2) is 5.96 Å². The van der Waals surface area contributed by atoms with E-state index < -0.39 is 11.5 Å². The highest BCUT2D eigenvalue weighted by Crippen LogP contribution is 2.18. The van der Waals surface area contributed by atoms with Gasteiger partial charge in [0.25, 0.3) is 0 Å². The smallest absolute Gasteiger partial charge is 0.227 e. The molecule has 0 aliphatic heterocycles. The molecule has 1 unspecified atom stereocenters. The van der Waals surface area contributed by atoms with Crippen LogP contribution in [-0.2, 0) is 4.79 Å². The molecule has 7 nitrogen and oxygen atoms in total. The van der Waals surface area contributed by atoms with Gasteiger partial charge in [0.1, 0.15) is 5.75 Å². The lowest BCUT2D eigenvalue weighted by molar-refractivity contribution is -0.128. The quantitative estimate of drug-likeness (QED) is 0.388. The number of guanidine groups is 1. The van der Waals surface area contributed by atoms with Crippen molar-refractivity contribution in [3.05, 3.63) is 29.8 Å². The van der Waals surface area contributed by atoms with Crippen LogP contribution in [0.1, 0.15) is 46.3 Å². The summed E-state index contributed by atoms with van der Waals surface area (Å²) in [5.41, 5.74) is 0.183. The first-order valence-electron chi connectivity index (χ1n) is 9.38. The van der Waals surface area contributed by atoms with E-state index in [0.29, 0.717) is 25.6 Å². The van der Waals surface area contributed by atoms with E-state index in [4.69, 9.17) is 4.74 Å². The molecule has 0 aliphatic carbocycles. The van der Waals surface area contributed by atoms with Crippen LogP contribution in [0.3, 0.4) is 0 Å². The highest BCUT2D eigenvalue weighted by atomic mass is 16.5. The van der Waals surface area contributed by atoms with Crippen LogP contribution in [0.5, 0.6) is 5.75 Å². The van der Waals surface area contributed by atoms with Gasteiger partial charge in [-0.15, -0.1) is 0 Å². The Kier molecular flexibility index (Phi) is 9.08. The molecule has 0 saturated carbocycles. The molecule has 0 saturated heterocycles. The van der Waals surface area contributed by atoms with Crippen LogP contribution >= 0.6 is 0 Å². The summed E-state index contributed by atoms with van der Waals surface area (Å²) in [6.45, 7) is 10.9. The third kappa shape index (κ3) is 7.86. The summed E-state index contributed by atoms with van der Waals surface area (Å²) in [7, 11) is 1.62. The number of rotatable bonds is 9. The van der Waals surface area contributed by atoms with Gasteiger partial charge in [-0.25, -0.2) is 0 Å². The second-order valence-electron chi connectivity index (χ2n) is 7.29. The molecule has 0 aromatic heterocycles. The minimum absolute atomic E-state index is 0.0640. The van der Waals surface area contributed by atoms with Gasteiger partial charge in [-0.05, 0) is 52.3 Å². The number of benzene rings is 1. The molecule has 1 atom stereocenters. The van der Waals surface area contributed by atoms with Crippen molar-refractivity contribution in [2.45, 2.75) is 46.8 Å². The zero-order valence-electron chi connectivity index (χ0n) is 17.3. The van der Waals surface area contributed by atoms with Crippen LogP contribution in [0.15, 0.2) is 29.3 Å². The molecule has 27 heavy (non-hydrogen) atoms. The van der Waals surface area contributed by atoms with Gasteiger partial charge in [0.2, 0.25) is 5.91 Å². The lowest BCUT2D eigenvalue weighted by Gasteiger charge is -2.21. The van der Waals surface area contributed by atoms with Crippen molar-refractivity contribution >= 4 is 11.9 Å². The predicted molar refractivity (Wildman–Crippen MR) is 109 cm³/mol. The van der Waals surface area contributed by atoms with Gasteiger partial charge in [-0.1, -0.05) is 12.1 Å². The van der Waals surface area contributed by atoms with E-state index in [0.717, 1.165) is 11.3 Å².